The Labute approximate surface area is 155 Å². The van der Waals surface area contributed by atoms with Crippen LogP contribution in [0.1, 0.15) is 68.6 Å². The Balaban J connectivity index is 1.89. The molecule has 0 bridgehead atoms. The maximum absolute atomic E-state index is 11.8. The molecule has 142 valence electrons. The van der Waals surface area contributed by atoms with E-state index >= 15 is 0 Å². The molecule has 1 saturated carbocycles. The third kappa shape index (κ3) is 2.32. The van der Waals surface area contributed by atoms with Crippen molar-refractivity contribution in [1.29, 1.82) is 0 Å². The second-order valence-electron chi connectivity index (χ2n) is 8.39. The number of allylic oxidation sites excluding steroid dienone is 1. The first kappa shape index (κ1) is 18.0. The van der Waals surface area contributed by atoms with Gasteiger partial charge in [-0.25, -0.2) is 0 Å². The molecule has 4 nitrogen and oxygen atoms in total. The highest BCUT2D eigenvalue weighted by molar-refractivity contribution is 5.45. The second kappa shape index (κ2) is 6.36. The number of aliphatic hydroxyl groups excluding tert-OH is 1. The van der Waals surface area contributed by atoms with E-state index in [9.17, 15) is 10.2 Å². The number of rotatable bonds is 4. The molecule has 1 heterocycles. The summed E-state index contributed by atoms with van der Waals surface area (Å²) in [6.45, 7) is 5.68. The van der Waals surface area contributed by atoms with Crippen LogP contribution in [-0.4, -0.2) is 35.1 Å². The fraction of sp³-hybridized carbons (Fsp3) is 0.636. The Morgan fingerprint density at radius 2 is 2.12 bits per heavy atom. The van der Waals surface area contributed by atoms with Crippen molar-refractivity contribution in [3.8, 4) is 5.75 Å². The monoisotopic (exact) mass is 358 g/mol. The fourth-order valence-electron chi connectivity index (χ4n) is 5.98. The van der Waals surface area contributed by atoms with Gasteiger partial charge in [0.1, 0.15) is 17.5 Å². The first-order chi connectivity index (χ1) is 12.5. The van der Waals surface area contributed by atoms with Gasteiger partial charge in [0.05, 0.1) is 19.3 Å². The van der Waals surface area contributed by atoms with E-state index in [0.29, 0.717) is 12.3 Å². The van der Waals surface area contributed by atoms with Crippen molar-refractivity contribution in [3.05, 3.63) is 42.0 Å². The Morgan fingerprint density at radius 1 is 1.35 bits per heavy atom. The lowest BCUT2D eigenvalue weighted by Gasteiger charge is -2.53. The van der Waals surface area contributed by atoms with Crippen LogP contribution in [0, 0.1) is 5.41 Å². The number of benzene rings is 1. The van der Waals surface area contributed by atoms with Gasteiger partial charge in [-0.3, -0.25) is 0 Å². The van der Waals surface area contributed by atoms with Gasteiger partial charge in [0.2, 0.25) is 0 Å². The van der Waals surface area contributed by atoms with E-state index in [4.69, 9.17) is 9.47 Å². The van der Waals surface area contributed by atoms with Gasteiger partial charge in [-0.15, -0.1) is 6.58 Å². The molecule has 6 atom stereocenters. The maximum Gasteiger partial charge on any atom is 0.119 e. The van der Waals surface area contributed by atoms with Crippen LogP contribution in [0.3, 0.4) is 0 Å². The number of methoxy groups -OCH3 is 1. The van der Waals surface area contributed by atoms with Gasteiger partial charge in [0.25, 0.3) is 0 Å². The molecule has 3 aliphatic rings. The number of ether oxygens (including phenoxy) is 2. The van der Waals surface area contributed by atoms with Crippen molar-refractivity contribution >= 4 is 0 Å². The van der Waals surface area contributed by atoms with Crippen LogP contribution in [0.25, 0.3) is 0 Å². The van der Waals surface area contributed by atoms with Gasteiger partial charge in [-0.2, -0.15) is 0 Å². The molecule has 0 unspecified atom stereocenters. The van der Waals surface area contributed by atoms with Gasteiger partial charge in [-0.1, -0.05) is 25.0 Å². The Morgan fingerprint density at radius 3 is 2.81 bits per heavy atom. The van der Waals surface area contributed by atoms with Crippen LogP contribution in [-0.2, 0) is 4.74 Å². The van der Waals surface area contributed by atoms with Crippen LogP contribution in [0.4, 0.5) is 0 Å². The van der Waals surface area contributed by atoms with Crippen molar-refractivity contribution in [2.24, 2.45) is 5.41 Å². The van der Waals surface area contributed by atoms with Crippen molar-refractivity contribution in [2.45, 2.75) is 75.3 Å². The summed E-state index contributed by atoms with van der Waals surface area (Å²) in [6, 6.07) is 6.20. The lowest BCUT2D eigenvalue weighted by Crippen LogP contribution is -2.57. The molecular weight excluding hydrogens is 328 g/mol. The summed E-state index contributed by atoms with van der Waals surface area (Å²) < 4.78 is 11.9. The number of fused-ring (bicyclic) bond motifs is 2. The lowest BCUT2D eigenvalue weighted by molar-refractivity contribution is -0.140. The predicted octanol–water partition coefficient (Wildman–Crippen LogP) is 3.87. The minimum absolute atomic E-state index is 0.196. The van der Waals surface area contributed by atoms with Crippen LogP contribution in [0.15, 0.2) is 30.9 Å². The topological polar surface area (TPSA) is 58.9 Å². The standard InChI is InChI=1S/C22H30O4/c1-4-7-15-13-21-10-5-6-11-22(21,24)19(14(2)23)26-20(21)18-12-16(25-3)8-9-17(15)18/h4,8-9,12,14-15,19-20,23-24H,1,5-7,10-11,13H2,2-3H3/t14-,15-,19-,20+,21-,22+/m0/s1. The number of hydrogen-bond acceptors (Lipinski definition) is 4. The maximum atomic E-state index is 11.8. The number of hydrogen-bond donors (Lipinski definition) is 2. The highest BCUT2D eigenvalue weighted by atomic mass is 16.5. The largest absolute Gasteiger partial charge is 0.497 e. The zero-order valence-corrected chi connectivity index (χ0v) is 15.8. The molecule has 1 aromatic rings. The highest BCUT2D eigenvalue weighted by Crippen LogP contribution is 2.68. The quantitative estimate of drug-likeness (QED) is 0.802. The van der Waals surface area contributed by atoms with Crippen molar-refractivity contribution < 1.29 is 19.7 Å². The average Bonchev–Trinajstić information content (AvgIpc) is 2.91. The summed E-state index contributed by atoms with van der Waals surface area (Å²) >= 11 is 0. The summed E-state index contributed by atoms with van der Waals surface area (Å²) in [7, 11) is 1.67. The summed E-state index contributed by atoms with van der Waals surface area (Å²) in [5.41, 5.74) is 1.05. The van der Waals surface area contributed by atoms with Gasteiger partial charge in [0, 0.05) is 5.41 Å². The molecule has 26 heavy (non-hydrogen) atoms. The molecule has 1 saturated heterocycles. The Kier molecular flexibility index (Phi) is 4.41. The highest BCUT2D eigenvalue weighted by Gasteiger charge is 2.69. The first-order valence-electron chi connectivity index (χ1n) is 9.81. The average molecular weight is 358 g/mol. The van der Waals surface area contributed by atoms with Crippen LogP contribution in [0.2, 0.25) is 0 Å². The Hall–Kier alpha value is -1.36. The molecule has 1 aliphatic heterocycles. The number of aliphatic hydroxyl groups is 2. The molecule has 4 heteroatoms. The molecule has 2 N–H and O–H groups in total. The SMILES string of the molecule is C=CC[C@H]1C[C@]23CCCC[C@@]2(O)[C@H]([C@H](C)O)O[C@@H]3c2cc(OC)ccc21. The predicted molar refractivity (Wildman–Crippen MR) is 100 cm³/mol. The van der Waals surface area contributed by atoms with E-state index in [2.05, 4.69) is 18.7 Å². The molecular formula is C22H30O4. The summed E-state index contributed by atoms with van der Waals surface area (Å²) in [4.78, 5) is 0. The second-order valence-corrected chi connectivity index (χ2v) is 8.39. The third-order valence-electron chi connectivity index (χ3n) is 7.06. The summed E-state index contributed by atoms with van der Waals surface area (Å²) in [5.74, 6) is 1.12. The molecule has 1 aromatic carbocycles. The van der Waals surface area contributed by atoms with E-state index < -0.39 is 17.8 Å². The van der Waals surface area contributed by atoms with Gasteiger partial charge in [0.15, 0.2) is 0 Å². The van der Waals surface area contributed by atoms with Gasteiger partial charge < -0.3 is 19.7 Å². The molecule has 0 amide bonds. The third-order valence-corrected chi connectivity index (χ3v) is 7.06. The zero-order valence-electron chi connectivity index (χ0n) is 15.8. The molecule has 1 spiro atoms. The molecule has 2 aliphatic carbocycles. The zero-order chi connectivity index (χ0) is 18.5. The van der Waals surface area contributed by atoms with Crippen molar-refractivity contribution in [1.82, 2.24) is 0 Å². The van der Waals surface area contributed by atoms with E-state index in [0.717, 1.165) is 43.4 Å². The summed E-state index contributed by atoms with van der Waals surface area (Å²) in [6.07, 6.45) is 5.98. The first-order valence-corrected chi connectivity index (χ1v) is 9.81. The van der Waals surface area contributed by atoms with E-state index in [-0.39, 0.29) is 11.5 Å². The molecule has 0 aromatic heterocycles. The van der Waals surface area contributed by atoms with Gasteiger partial charge in [-0.05, 0) is 61.8 Å². The molecule has 2 fully saturated rings. The Bertz CT molecular complexity index is 699. The van der Waals surface area contributed by atoms with E-state index in [1.54, 1.807) is 14.0 Å². The summed E-state index contributed by atoms with van der Waals surface area (Å²) in [5, 5.41) is 22.2. The van der Waals surface area contributed by atoms with Crippen LogP contribution < -0.4 is 4.74 Å². The van der Waals surface area contributed by atoms with E-state index in [1.807, 2.05) is 12.1 Å². The van der Waals surface area contributed by atoms with Crippen molar-refractivity contribution in [3.63, 3.8) is 0 Å². The van der Waals surface area contributed by atoms with Gasteiger partial charge >= 0.3 is 0 Å². The normalized spacial score (nSPS) is 39.5. The molecule has 0 radical (unpaired) electrons. The minimum atomic E-state index is -0.982. The van der Waals surface area contributed by atoms with Crippen LogP contribution in [0.5, 0.6) is 5.75 Å². The van der Waals surface area contributed by atoms with Crippen LogP contribution >= 0.6 is 0 Å². The molecule has 4 rings (SSSR count). The minimum Gasteiger partial charge on any atom is -0.497 e. The van der Waals surface area contributed by atoms with Crippen molar-refractivity contribution in [2.75, 3.05) is 7.11 Å². The lowest BCUT2D eigenvalue weighted by atomic mass is 9.52. The fourth-order valence-corrected chi connectivity index (χ4v) is 5.98. The smallest absolute Gasteiger partial charge is 0.119 e. The van der Waals surface area contributed by atoms with E-state index in [1.165, 1.54) is 5.56 Å².